The Kier molecular flexibility index (Phi) is 4.78. The monoisotopic (exact) mass is 296 g/mol. The molecule has 3 nitrogen and oxygen atoms in total. The molecule has 0 bridgehead atoms. The van der Waals surface area contributed by atoms with Gasteiger partial charge in [-0.25, -0.2) is 0 Å². The summed E-state index contributed by atoms with van der Waals surface area (Å²) in [4.78, 5) is 2.70. The molecule has 0 radical (unpaired) electrons. The Labute approximate surface area is 131 Å². The van der Waals surface area contributed by atoms with E-state index in [1.54, 1.807) is 0 Å². The lowest BCUT2D eigenvalue weighted by Crippen LogP contribution is -2.63. The highest BCUT2D eigenvalue weighted by Crippen LogP contribution is 2.42. The van der Waals surface area contributed by atoms with Crippen molar-refractivity contribution in [1.29, 1.82) is 0 Å². The SMILES string of the molecule is CCCNC1C(N2CC(C)(C)OC(C)(C)C2)CCC1(C)C. The average Bonchev–Trinajstić information content (AvgIpc) is 2.58. The van der Waals surface area contributed by atoms with Gasteiger partial charge in [-0.2, -0.15) is 0 Å². The predicted octanol–water partition coefficient (Wildman–Crippen LogP) is 3.43. The molecule has 0 aromatic carbocycles. The molecule has 1 aliphatic carbocycles. The van der Waals surface area contributed by atoms with Gasteiger partial charge in [-0.05, 0) is 58.9 Å². The number of rotatable bonds is 4. The molecule has 0 amide bonds. The molecule has 2 atom stereocenters. The summed E-state index contributed by atoms with van der Waals surface area (Å²) in [6, 6.07) is 1.25. The summed E-state index contributed by atoms with van der Waals surface area (Å²) in [5.41, 5.74) is 0.292. The maximum atomic E-state index is 6.26. The summed E-state index contributed by atoms with van der Waals surface area (Å²) < 4.78 is 6.26. The average molecular weight is 296 g/mol. The van der Waals surface area contributed by atoms with Crippen LogP contribution in [0.15, 0.2) is 0 Å². The summed E-state index contributed by atoms with van der Waals surface area (Å²) in [6.45, 7) is 19.2. The van der Waals surface area contributed by atoms with E-state index in [0.29, 0.717) is 17.5 Å². The summed E-state index contributed by atoms with van der Waals surface area (Å²) in [7, 11) is 0. The van der Waals surface area contributed by atoms with Crippen molar-refractivity contribution in [2.45, 2.75) is 91.0 Å². The Morgan fingerprint density at radius 1 is 1.05 bits per heavy atom. The predicted molar refractivity (Wildman–Crippen MR) is 89.7 cm³/mol. The first kappa shape index (κ1) is 17.2. The second-order valence-electron chi connectivity index (χ2n) is 9.05. The molecule has 1 aliphatic heterocycles. The maximum absolute atomic E-state index is 6.26. The largest absolute Gasteiger partial charge is 0.367 e. The van der Waals surface area contributed by atoms with Crippen LogP contribution >= 0.6 is 0 Å². The van der Waals surface area contributed by atoms with Gasteiger partial charge < -0.3 is 10.1 Å². The first-order chi connectivity index (χ1) is 9.56. The van der Waals surface area contributed by atoms with Gasteiger partial charge >= 0.3 is 0 Å². The number of hydrogen-bond donors (Lipinski definition) is 1. The molecular formula is C18H36N2O. The molecule has 2 unspecified atom stereocenters. The van der Waals surface area contributed by atoms with Gasteiger partial charge in [0.1, 0.15) is 0 Å². The second kappa shape index (κ2) is 5.82. The lowest BCUT2D eigenvalue weighted by atomic mass is 9.85. The minimum Gasteiger partial charge on any atom is -0.367 e. The molecule has 1 saturated heterocycles. The zero-order valence-electron chi connectivity index (χ0n) is 15.3. The minimum absolute atomic E-state index is 0.0518. The Balaban J connectivity index is 2.15. The highest BCUT2D eigenvalue weighted by Gasteiger charge is 2.48. The van der Waals surface area contributed by atoms with Crippen LogP contribution in [0.5, 0.6) is 0 Å². The van der Waals surface area contributed by atoms with E-state index in [4.69, 9.17) is 4.74 Å². The van der Waals surface area contributed by atoms with E-state index in [2.05, 4.69) is 58.7 Å². The van der Waals surface area contributed by atoms with Gasteiger partial charge in [-0.15, -0.1) is 0 Å². The Morgan fingerprint density at radius 3 is 2.14 bits per heavy atom. The van der Waals surface area contributed by atoms with Crippen LogP contribution < -0.4 is 5.32 Å². The standard InChI is InChI=1S/C18H36N2O/c1-8-11-19-15-14(9-10-16(15,2)3)20-12-17(4,5)21-18(6,7)13-20/h14-15,19H,8-13H2,1-7H3. The molecule has 2 fully saturated rings. The Hall–Kier alpha value is -0.120. The summed E-state index contributed by atoms with van der Waals surface area (Å²) in [6.07, 6.45) is 3.83. The van der Waals surface area contributed by atoms with Crippen LogP contribution in [0.1, 0.15) is 67.7 Å². The summed E-state index contributed by atoms with van der Waals surface area (Å²) >= 11 is 0. The topological polar surface area (TPSA) is 24.5 Å². The third-order valence-corrected chi connectivity index (χ3v) is 5.11. The molecule has 21 heavy (non-hydrogen) atoms. The first-order valence-electron chi connectivity index (χ1n) is 8.74. The number of hydrogen-bond acceptors (Lipinski definition) is 3. The quantitative estimate of drug-likeness (QED) is 0.860. The zero-order chi connectivity index (χ0) is 15.9. The van der Waals surface area contributed by atoms with Crippen LogP contribution in [0, 0.1) is 5.41 Å². The fraction of sp³-hybridized carbons (Fsp3) is 1.00. The highest BCUT2D eigenvalue weighted by molar-refractivity contribution is 5.04. The van der Waals surface area contributed by atoms with Gasteiger partial charge in [0.2, 0.25) is 0 Å². The number of ether oxygens (including phenoxy) is 1. The molecule has 2 rings (SSSR count). The van der Waals surface area contributed by atoms with E-state index < -0.39 is 0 Å². The molecule has 1 heterocycles. The zero-order valence-corrected chi connectivity index (χ0v) is 15.3. The fourth-order valence-electron chi connectivity index (χ4n) is 4.55. The third kappa shape index (κ3) is 4.00. The van der Waals surface area contributed by atoms with Crippen molar-refractivity contribution in [2.24, 2.45) is 5.41 Å². The van der Waals surface area contributed by atoms with Gasteiger partial charge in [-0.3, -0.25) is 4.90 Å². The second-order valence-corrected chi connectivity index (χ2v) is 9.05. The van der Waals surface area contributed by atoms with Crippen molar-refractivity contribution in [3.8, 4) is 0 Å². The molecule has 124 valence electrons. The van der Waals surface area contributed by atoms with Crippen LogP contribution in [0.4, 0.5) is 0 Å². The lowest BCUT2D eigenvalue weighted by Gasteiger charge is -2.50. The molecular weight excluding hydrogens is 260 g/mol. The molecule has 1 N–H and O–H groups in total. The number of nitrogens with zero attached hydrogens (tertiary/aromatic N) is 1. The van der Waals surface area contributed by atoms with E-state index in [0.717, 1.165) is 19.6 Å². The normalized spacial score (nSPS) is 35.0. The highest BCUT2D eigenvalue weighted by atomic mass is 16.5. The van der Waals surface area contributed by atoms with Gasteiger partial charge in [-0.1, -0.05) is 20.8 Å². The van der Waals surface area contributed by atoms with Crippen molar-refractivity contribution in [2.75, 3.05) is 19.6 Å². The van der Waals surface area contributed by atoms with E-state index in [1.807, 2.05) is 0 Å². The van der Waals surface area contributed by atoms with Gasteiger partial charge in [0.05, 0.1) is 11.2 Å². The third-order valence-electron chi connectivity index (χ3n) is 5.11. The molecule has 3 heteroatoms. The van der Waals surface area contributed by atoms with Crippen LogP contribution in [0.25, 0.3) is 0 Å². The minimum atomic E-state index is -0.0518. The van der Waals surface area contributed by atoms with Crippen LogP contribution in [0.2, 0.25) is 0 Å². The first-order valence-corrected chi connectivity index (χ1v) is 8.74. The molecule has 2 aliphatic rings. The van der Waals surface area contributed by atoms with Crippen molar-refractivity contribution >= 4 is 0 Å². The molecule has 0 aromatic rings. The van der Waals surface area contributed by atoms with Crippen molar-refractivity contribution in [3.63, 3.8) is 0 Å². The summed E-state index contributed by atoms with van der Waals surface area (Å²) in [5, 5.41) is 3.84. The Morgan fingerprint density at radius 2 is 1.62 bits per heavy atom. The molecule has 0 spiro atoms. The van der Waals surface area contributed by atoms with Crippen LogP contribution in [0.3, 0.4) is 0 Å². The van der Waals surface area contributed by atoms with E-state index >= 15 is 0 Å². The Bertz CT molecular complexity index is 346. The number of nitrogens with one attached hydrogen (secondary N) is 1. The molecule has 0 aromatic heterocycles. The van der Waals surface area contributed by atoms with Crippen molar-refractivity contribution in [1.82, 2.24) is 10.2 Å². The van der Waals surface area contributed by atoms with Crippen LogP contribution in [-0.2, 0) is 4.74 Å². The van der Waals surface area contributed by atoms with Crippen molar-refractivity contribution in [3.05, 3.63) is 0 Å². The van der Waals surface area contributed by atoms with Gasteiger partial charge in [0.15, 0.2) is 0 Å². The van der Waals surface area contributed by atoms with Gasteiger partial charge in [0, 0.05) is 25.2 Å². The van der Waals surface area contributed by atoms with E-state index in [9.17, 15) is 0 Å². The fourth-order valence-corrected chi connectivity index (χ4v) is 4.55. The lowest BCUT2D eigenvalue weighted by molar-refractivity contribution is -0.189. The maximum Gasteiger partial charge on any atom is 0.0760 e. The van der Waals surface area contributed by atoms with Crippen molar-refractivity contribution < 1.29 is 4.74 Å². The van der Waals surface area contributed by atoms with Crippen LogP contribution in [-0.4, -0.2) is 47.8 Å². The van der Waals surface area contributed by atoms with E-state index in [-0.39, 0.29) is 11.2 Å². The van der Waals surface area contributed by atoms with Gasteiger partial charge in [0.25, 0.3) is 0 Å². The summed E-state index contributed by atoms with van der Waals surface area (Å²) in [5.74, 6) is 0. The molecule has 1 saturated carbocycles. The number of morpholine rings is 1. The smallest absolute Gasteiger partial charge is 0.0760 e. The van der Waals surface area contributed by atoms with E-state index in [1.165, 1.54) is 19.3 Å².